The highest BCUT2D eigenvalue weighted by Crippen LogP contribution is 2.41. The number of carboxylic acids is 2. The number of aromatic nitrogens is 1. The lowest BCUT2D eigenvalue weighted by Crippen LogP contribution is -2.52. The quantitative estimate of drug-likeness (QED) is 0.0771. The van der Waals surface area contributed by atoms with E-state index < -0.39 is 82.5 Å². The van der Waals surface area contributed by atoms with Crippen molar-refractivity contribution in [3.8, 4) is 11.1 Å². The lowest BCUT2D eigenvalue weighted by Gasteiger charge is -2.41. The zero-order chi connectivity index (χ0) is 43.3. The van der Waals surface area contributed by atoms with Gasteiger partial charge < -0.3 is 47.1 Å². The Morgan fingerprint density at radius 3 is 2.16 bits per heavy atom. The van der Waals surface area contributed by atoms with E-state index in [9.17, 15) is 38.3 Å². The highest BCUT2D eigenvalue weighted by atomic mass is 32.2. The largest absolute Gasteiger partial charge is 0.480 e. The van der Waals surface area contributed by atoms with Gasteiger partial charge in [-0.05, 0) is 48.6 Å². The van der Waals surface area contributed by atoms with E-state index in [1.54, 1.807) is 17.2 Å². The summed E-state index contributed by atoms with van der Waals surface area (Å²) in [5, 5.41) is 24.6. The molecule has 9 N–H and O–H groups in total. The predicted octanol–water partition coefficient (Wildman–Crippen LogP) is 2.86. The number of carbonyl (C=O) groups excluding carboxylic acids is 4. The molecule has 0 saturated heterocycles. The van der Waals surface area contributed by atoms with Gasteiger partial charge in [-0.2, -0.15) is 0 Å². The maximum atomic E-state index is 15.0. The van der Waals surface area contributed by atoms with Crippen molar-refractivity contribution in [1.82, 2.24) is 25.4 Å². The van der Waals surface area contributed by atoms with Gasteiger partial charge in [0, 0.05) is 68.3 Å². The van der Waals surface area contributed by atoms with E-state index in [1.165, 1.54) is 13.8 Å². The predicted molar refractivity (Wildman–Crippen MR) is 215 cm³/mol. The van der Waals surface area contributed by atoms with Crippen molar-refractivity contribution in [3.63, 3.8) is 0 Å². The van der Waals surface area contributed by atoms with Crippen LogP contribution in [0, 0.1) is 17.0 Å². The molecule has 1 aromatic heterocycles. The van der Waals surface area contributed by atoms with Crippen LogP contribution in [0.2, 0.25) is 0 Å². The summed E-state index contributed by atoms with van der Waals surface area (Å²) in [7, 11) is 0. The van der Waals surface area contributed by atoms with Crippen LogP contribution in [0.3, 0.4) is 0 Å². The van der Waals surface area contributed by atoms with E-state index in [1.807, 2.05) is 55.7 Å². The first-order chi connectivity index (χ1) is 27.2. The number of halogens is 2. The molecule has 0 spiro atoms. The van der Waals surface area contributed by atoms with Crippen LogP contribution in [0.4, 0.5) is 8.78 Å². The third-order valence-corrected chi connectivity index (χ3v) is 10.5. The molecule has 58 heavy (non-hydrogen) atoms. The van der Waals surface area contributed by atoms with Gasteiger partial charge in [0.05, 0.1) is 12.1 Å². The molecule has 2 unspecified atom stereocenters. The second-order valence-electron chi connectivity index (χ2n) is 14.9. The third-order valence-electron chi connectivity index (χ3n) is 9.14. The fraction of sp³-hybridized carbons (Fsp3) is 0.450. The van der Waals surface area contributed by atoms with Crippen LogP contribution >= 0.6 is 11.8 Å². The van der Waals surface area contributed by atoms with Gasteiger partial charge in [0.1, 0.15) is 29.0 Å². The average Bonchev–Trinajstić information content (AvgIpc) is 3.55. The van der Waals surface area contributed by atoms with Crippen molar-refractivity contribution in [3.05, 3.63) is 83.7 Å². The number of benzene rings is 2. The molecule has 0 bridgehead atoms. The molecule has 15 nitrogen and oxygen atoms in total. The highest BCUT2D eigenvalue weighted by Gasteiger charge is 2.37. The number of carbonyl (C=O) groups is 6. The molecule has 3 rings (SSSR count). The number of nitrogens with zero attached hydrogens (tertiary/aromatic N) is 2. The van der Waals surface area contributed by atoms with Crippen LogP contribution in [-0.2, 0) is 35.3 Å². The first kappa shape index (κ1) is 47.0. The summed E-state index contributed by atoms with van der Waals surface area (Å²) in [5.41, 5.74) is 13.2. The molecule has 5 atom stereocenters. The summed E-state index contributed by atoms with van der Waals surface area (Å²) < 4.78 is 31.2. The Kier molecular flexibility index (Phi) is 17.4. The first-order valence-electron chi connectivity index (χ1n) is 18.6. The highest BCUT2D eigenvalue weighted by molar-refractivity contribution is 8.00. The van der Waals surface area contributed by atoms with E-state index in [-0.39, 0.29) is 43.3 Å². The second-order valence-corrected chi connectivity index (χ2v) is 16.2. The number of hydrogen-bond acceptors (Lipinski definition) is 9. The van der Waals surface area contributed by atoms with Gasteiger partial charge >= 0.3 is 11.9 Å². The number of hydrogen-bond donors (Lipinski definition) is 7. The topological polar surface area (TPSA) is 239 Å². The van der Waals surface area contributed by atoms with Crippen molar-refractivity contribution in [2.24, 2.45) is 16.9 Å². The van der Waals surface area contributed by atoms with Crippen LogP contribution in [0.25, 0.3) is 11.1 Å². The number of thioether (sulfide) groups is 1. The number of aliphatic carboxylic acids is 2. The Balaban J connectivity index is 1.65. The van der Waals surface area contributed by atoms with E-state index in [0.717, 1.165) is 35.5 Å². The molecule has 0 saturated carbocycles. The van der Waals surface area contributed by atoms with Gasteiger partial charge in [-0.15, -0.1) is 11.8 Å². The van der Waals surface area contributed by atoms with Crippen molar-refractivity contribution in [2.45, 2.75) is 83.4 Å². The minimum Gasteiger partial charge on any atom is -0.480 e. The van der Waals surface area contributed by atoms with Crippen molar-refractivity contribution in [1.29, 1.82) is 0 Å². The second kappa shape index (κ2) is 21.4. The Labute approximate surface area is 340 Å². The standard InChI is InChI=1S/C40H53F2N7O8S/c1-23(36(52)46-15-14-45-34(51)19-33(39(56)57)58-22-31(44)38(54)55)47-37(53)30(43)13-16-49(24(2)50)35(40(3,4)5)32-17-26(28-18-27(41)11-12-29(28)42)21-48(32)20-25-9-7-6-8-10-25/h6-12,17-18,21,23,30-31,33,35H,13-16,19-20,22,43-44H2,1-5H3,(H,45,51)(H,46,52)(H,47,53)(H,54,55)(H,56,57)/t23?,30-,31-,33?,35-/m0/s1. The van der Waals surface area contributed by atoms with Crippen LogP contribution in [0.5, 0.6) is 0 Å². The van der Waals surface area contributed by atoms with Gasteiger partial charge in [0.25, 0.3) is 0 Å². The molecule has 0 radical (unpaired) electrons. The lowest BCUT2D eigenvalue weighted by atomic mass is 9.82. The summed E-state index contributed by atoms with van der Waals surface area (Å²) >= 11 is 0.731. The number of nitrogens with two attached hydrogens (primary N) is 2. The molecule has 4 amide bonds. The summed E-state index contributed by atoms with van der Waals surface area (Å²) in [6.07, 6.45) is 1.30. The molecule has 0 aliphatic heterocycles. The third kappa shape index (κ3) is 13.9. The van der Waals surface area contributed by atoms with Gasteiger partial charge in [-0.1, -0.05) is 51.1 Å². The van der Waals surface area contributed by atoms with Crippen LogP contribution in [-0.4, -0.2) is 104 Å². The monoisotopic (exact) mass is 829 g/mol. The van der Waals surface area contributed by atoms with E-state index in [2.05, 4.69) is 16.0 Å². The van der Waals surface area contributed by atoms with Gasteiger partial charge in [0.15, 0.2) is 0 Å². The van der Waals surface area contributed by atoms with Crippen molar-refractivity contribution < 1.29 is 47.8 Å². The molecule has 3 aromatic rings. The summed E-state index contributed by atoms with van der Waals surface area (Å²) in [5.74, 6) is -6.19. The Bertz CT molecular complexity index is 1920. The molecule has 0 fully saturated rings. The van der Waals surface area contributed by atoms with Crippen molar-refractivity contribution in [2.75, 3.05) is 25.4 Å². The number of rotatable bonds is 21. The Morgan fingerprint density at radius 2 is 1.55 bits per heavy atom. The molecule has 0 aliphatic carbocycles. The van der Waals surface area contributed by atoms with E-state index >= 15 is 4.39 Å². The van der Waals surface area contributed by atoms with Crippen LogP contribution in [0.15, 0.2) is 60.8 Å². The summed E-state index contributed by atoms with van der Waals surface area (Å²) in [4.78, 5) is 75.4. The SMILES string of the molecule is CC(=O)N(CC[C@H](N)C(=O)NC(C)C(=O)NCCNC(=O)CC(SC[C@H](N)C(=O)O)C(=O)O)[C@@H](c1cc(-c2cc(F)ccc2F)cn1Cc1ccccc1)C(C)(C)C. The van der Waals surface area contributed by atoms with Gasteiger partial charge in [-0.25, -0.2) is 8.78 Å². The van der Waals surface area contributed by atoms with Crippen LogP contribution < -0.4 is 27.4 Å². The minimum absolute atomic E-state index is 0.0149. The summed E-state index contributed by atoms with van der Waals surface area (Å²) in [6.45, 7) is 8.98. The Hall–Kier alpha value is -5.33. The number of amides is 4. The van der Waals surface area contributed by atoms with Gasteiger partial charge in [-0.3, -0.25) is 28.8 Å². The average molecular weight is 830 g/mol. The smallest absolute Gasteiger partial charge is 0.321 e. The fourth-order valence-corrected chi connectivity index (χ4v) is 7.16. The maximum Gasteiger partial charge on any atom is 0.321 e. The molecule has 2 aromatic carbocycles. The molecule has 1 heterocycles. The van der Waals surface area contributed by atoms with Crippen LogP contribution in [0.1, 0.15) is 64.8 Å². The van der Waals surface area contributed by atoms with E-state index in [4.69, 9.17) is 16.6 Å². The zero-order valence-corrected chi connectivity index (χ0v) is 34.0. The molecular weight excluding hydrogens is 777 g/mol. The molecule has 0 aliphatic rings. The first-order valence-corrected chi connectivity index (χ1v) is 19.6. The molecule has 316 valence electrons. The van der Waals surface area contributed by atoms with Crippen molar-refractivity contribution >= 4 is 47.3 Å². The minimum atomic E-state index is -1.31. The fourth-order valence-electron chi connectivity index (χ4n) is 6.17. The van der Waals surface area contributed by atoms with E-state index in [0.29, 0.717) is 17.8 Å². The summed E-state index contributed by atoms with van der Waals surface area (Å²) in [6, 6.07) is 10.5. The normalized spacial score (nSPS) is 14.0. The zero-order valence-electron chi connectivity index (χ0n) is 33.2. The number of carboxylic acid groups (broad SMARTS) is 2. The lowest BCUT2D eigenvalue weighted by molar-refractivity contribution is -0.139. The molecular formula is C40H53F2N7O8S. The Morgan fingerprint density at radius 1 is 0.897 bits per heavy atom. The molecule has 18 heteroatoms. The number of nitrogens with one attached hydrogen (secondary N) is 3. The maximum absolute atomic E-state index is 15.0. The van der Waals surface area contributed by atoms with Gasteiger partial charge in [0.2, 0.25) is 23.6 Å².